The van der Waals surface area contributed by atoms with Gasteiger partial charge in [0.05, 0.1) is 17.4 Å². The summed E-state index contributed by atoms with van der Waals surface area (Å²) in [4.78, 5) is 15.3. The lowest BCUT2D eigenvalue weighted by Crippen LogP contribution is -2.24. The van der Waals surface area contributed by atoms with Crippen molar-refractivity contribution < 1.29 is 9.90 Å². The van der Waals surface area contributed by atoms with E-state index in [1.54, 1.807) is 18.5 Å². The van der Waals surface area contributed by atoms with E-state index >= 15 is 0 Å². The molecule has 1 saturated carbocycles. The van der Waals surface area contributed by atoms with Crippen molar-refractivity contribution in [3.8, 4) is 0 Å². The number of carbonyl (C=O) groups is 1. The molecule has 0 spiro atoms. The molecule has 88 valence electrons. The Bertz CT molecular complexity index is 582. The van der Waals surface area contributed by atoms with E-state index in [-0.39, 0.29) is 5.56 Å². The topological polar surface area (TPSA) is 55.1 Å². The summed E-state index contributed by atoms with van der Waals surface area (Å²) in [7, 11) is 0. The summed E-state index contributed by atoms with van der Waals surface area (Å²) in [5.74, 6) is -0.150. The Morgan fingerprint density at radius 1 is 1.47 bits per heavy atom. The summed E-state index contributed by atoms with van der Waals surface area (Å²) in [6.45, 7) is 2.23. The predicted molar refractivity (Wildman–Crippen MR) is 64.1 cm³/mol. The maximum absolute atomic E-state index is 11.1. The van der Waals surface area contributed by atoms with Crippen LogP contribution in [0, 0.1) is 5.92 Å². The third-order valence-corrected chi connectivity index (χ3v) is 3.58. The van der Waals surface area contributed by atoms with Crippen molar-refractivity contribution in [2.24, 2.45) is 5.92 Å². The van der Waals surface area contributed by atoms with Crippen LogP contribution < -0.4 is 0 Å². The summed E-state index contributed by atoms with van der Waals surface area (Å²) in [6.07, 6.45) is 4.08. The Labute approximate surface area is 98.9 Å². The molecule has 0 unspecified atom stereocenters. The zero-order chi connectivity index (χ0) is 12.0. The molecule has 0 radical (unpaired) electrons. The minimum atomic E-state index is -0.914. The van der Waals surface area contributed by atoms with Gasteiger partial charge in [0.15, 0.2) is 0 Å². The average Bonchev–Trinajstić information content (AvgIpc) is 2.67. The van der Waals surface area contributed by atoms with Crippen LogP contribution >= 0.6 is 0 Å². The molecular formula is C13H14N2O2. The quantitative estimate of drug-likeness (QED) is 0.863. The van der Waals surface area contributed by atoms with E-state index in [4.69, 9.17) is 5.11 Å². The molecule has 4 nitrogen and oxygen atoms in total. The molecule has 17 heavy (non-hydrogen) atoms. The zero-order valence-electron chi connectivity index (χ0n) is 9.63. The zero-order valence-corrected chi connectivity index (χ0v) is 9.63. The number of fused-ring (bicyclic) bond motifs is 1. The van der Waals surface area contributed by atoms with E-state index in [1.807, 2.05) is 6.07 Å². The molecule has 1 aliphatic rings. The first-order valence-corrected chi connectivity index (χ1v) is 5.85. The minimum absolute atomic E-state index is 0.286. The van der Waals surface area contributed by atoms with Gasteiger partial charge in [0, 0.05) is 6.04 Å². The fourth-order valence-electron chi connectivity index (χ4n) is 2.61. The van der Waals surface area contributed by atoms with Gasteiger partial charge in [-0.25, -0.2) is 9.78 Å². The highest BCUT2D eigenvalue weighted by atomic mass is 16.4. The number of hydrogen-bond acceptors (Lipinski definition) is 2. The molecule has 0 aliphatic heterocycles. The number of aromatic carboxylic acids is 1. The third kappa shape index (κ3) is 1.52. The lowest BCUT2D eigenvalue weighted by Gasteiger charge is -2.34. The fraction of sp³-hybridized carbons (Fsp3) is 0.385. The molecular weight excluding hydrogens is 216 g/mol. The summed E-state index contributed by atoms with van der Waals surface area (Å²) in [6, 6.07) is 5.81. The lowest BCUT2D eigenvalue weighted by molar-refractivity contribution is 0.0699. The number of rotatable bonds is 2. The number of para-hydroxylation sites is 1. The van der Waals surface area contributed by atoms with E-state index in [1.165, 1.54) is 0 Å². The number of imidazole rings is 1. The molecule has 1 fully saturated rings. The Balaban J connectivity index is 2.10. The standard InChI is InChI=1S/C13H14N2O2/c1-8-5-9(6-8)15-7-14-12-10(13(16)17)3-2-4-11(12)15/h2-4,7-9H,5-6H2,1H3,(H,16,17). The van der Waals surface area contributed by atoms with E-state index in [0.29, 0.717) is 11.6 Å². The van der Waals surface area contributed by atoms with Crippen molar-refractivity contribution in [3.63, 3.8) is 0 Å². The van der Waals surface area contributed by atoms with Crippen LogP contribution in [0.25, 0.3) is 11.0 Å². The largest absolute Gasteiger partial charge is 0.478 e. The average molecular weight is 230 g/mol. The summed E-state index contributed by atoms with van der Waals surface area (Å²) in [5.41, 5.74) is 1.81. The second kappa shape index (κ2) is 3.58. The number of aromatic nitrogens is 2. The molecule has 0 bridgehead atoms. The first kappa shape index (κ1) is 10.3. The number of carboxylic acids is 1. The summed E-state index contributed by atoms with van der Waals surface area (Å²) in [5, 5.41) is 9.09. The fourth-order valence-corrected chi connectivity index (χ4v) is 2.61. The first-order chi connectivity index (χ1) is 8.16. The molecule has 2 aromatic rings. The van der Waals surface area contributed by atoms with E-state index in [0.717, 1.165) is 24.3 Å². The third-order valence-electron chi connectivity index (χ3n) is 3.58. The van der Waals surface area contributed by atoms with E-state index < -0.39 is 5.97 Å². The van der Waals surface area contributed by atoms with Gasteiger partial charge in [-0.15, -0.1) is 0 Å². The highest BCUT2D eigenvalue weighted by Crippen LogP contribution is 2.39. The summed E-state index contributed by atoms with van der Waals surface area (Å²) < 4.78 is 2.11. The summed E-state index contributed by atoms with van der Waals surface area (Å²) >= 11 is 0. The Morgan fingerprint density at radius 2 is 2.24 bits per heavy atom. The SMILES string of the molecule is CC1CC(n2cnc3c(C(=O)O)cccc32)C1. The number of carboxylic acid groups (broad SMARTS) is 1. The van der Waals surface area contributed by atoms with Gasteiger partial charge in [-0.1, -0.05) is 13.0 Å². The Morgan fingerprint density at radius 3 is 2.88 bits per heavy atom. The molecule has 4 heteroatoms. The maximum atomic E-state index is 11.1. The van der Waals surface area contributed by atoms with E-state index in [9.17, 15) is 4.79 Å². The van der Waals surface area contributed by atoms with Crippen LogP contribution in [0.1, 0.15) is 36.2 Å². The van der Waals surface area contributed by atoms with Gasteiger partial charge < -0.3 is 9.67 Å². The van der Waals surface area contributed by atoms with Gasteiger partial charge in [-0.2, -0.15) is 0 Å². The monoisotopic (exact) mass is 230 g/mol. The smallest absolute Gasteiger partial charge is 0.337 e. The first-order valence-electron chi connectivity index (χ1n) is 5.85. The predicted octanol–water partition coefficient (Wildman–Crippen LogP) is 2.71. The van der Waals surface area contributed by atoms with Crippen molar-refractivity contribution in [1.29, 1.82) is 0 Å². The van der Waals surface area contributed by atoms with Gasteiger partial charge in [-0.05, 0) is 30.9 Å². The van der Waals surface area contributed by atoms with Crippen molar-refractivity contribution in [1.82, 2.24) is 9.55 Å². The molecule has 1 aromatic carbocycles. The molecule has 0 amide bonds. The van der Waals surface area contributed by atoms with Crippen LogP contribution in [0.5, 0.6) is 0 Å². The molecule has 1 aliphatic carbocycles. The van der Waals surface area contributed by atoms with Crippen molar-refractivity contribution in [3.05, 3.63) is 30.1 Å². The number of nitrogens with zero attached hydrogens (tertiary/aromatic N) is 2. The molecule has 1 heterocycles. The van der Waals surface area contributed by atoms with Crippen LogP contribution in [0.3, 0.4) is 0 Å². The van der Waals surface area contributed by atoms with E-state index in [2.05, 4.69) is 16.5 Å². The normalized spacial score (nSPS) is 23.6. The Hall–Kier alpha value is -1.84. The van der Waals surface area contributed by atoms with Gasteiger partial charge in [0.1, 0.15) is 5.52 Å². The van der Waals surface area contributed by atoms with Crippen LogP contribution in [-0.4, -0.2) is 20.6 Å². The molecule has 1 N–H and O–H groups in total. The second-order valence-corrected chi connectivity index (χ2v) is 4.86. The van der Waals surface area contributed by atoms with Gasteiger partial charge in [-0.3, -0.25) is 0 Å². The van der Waals surface area contributed by atoms with Crippen LogP contribution in [-0.2, 0) is 0 Å². The highest BCUT2D eigenvalue weighted by molar-refractivity contribution is 6.00. The van der Waals surface area contributed by atoms with Gasteiger partial charge in [0.2, 0.25) is 0 Å². The van der Waals surface area contributed by atoms with Crippen molar-refractivity contribution in [2.75, 3.05) is 0 Å². The maximum Gasteiger partial charge on any atom is 0.337 e. The minimum Gasteiger partial charge on any atom is -0.478 e. The Kier molecular flexibility index (Phi) is 2.18. The molecule has 0 atom stereocenters. The van der Waals surface area contributed by atoms with Crippen LogP contribution in [0.2, 0.25) is 0 Å². The number of hydrogen-bond donors (Lipinski definition) is 1. The van der Waals surface area contributed by atoms with Crippen LogP contribution in [0.4, 0.5) is 0 Å². The second-order valence-electron chi connectivity index (χ2n) is 4.86. The van der Waals surface area contributed by atoms with Crippen molar-refractivity contribution in [2.45, 2.75) is 25.8 Å². The molecule has 0 saturated heterocycles. The highest BCUT2D eigenvalue weighted by Gasteiger charge is 2.28. The molecule has 3 rings (SSSR count). The number of benzene rings is 1. The molecule has 1 aromatic heterocycles. The van der Waals surface area contributed by atoms with Crippen LogP contribution in [0.15, 0.2) is 24.5 Å². The van der Waals surface area contributed by atoms with Crippen molar-refractivity contribution >= 4 is 17.0 Å². The van der Waals surface area contributed by atoms with Gasteiger partial charge in [0.25, 0.3) is 0 Å². The lowest BCUT2D eigenvalue weighted by atomic mass is 9.81. The van der Waals surface area contributed by atoms with Gasteiger partial charge >= 0.3 is 5.97 Å².